The van der Waals surface area contributed by atoms with Crippen LogP contribution in [0, 0.1) is 0 Å². The standard InChI is InChI=1S/C16H19NO2/c17-9-7-15-14-4-2-1-3-12(14)5-6-16(15)19-13-8-10-18-11-13/h1-6,13H,7-11,17H2. The molecule has 1 heterocycles. The Hall–Kier alpha value is -1.58. The van der Waals surface area contributed by atoms with Crippen molar-refractivity contribution in [3.63, 3.8) is 0 Å². The van der Waals surface area contributed by atoms with Gasteiger partial charge in [0.25, 0.3) is 0 Å². The van der Waals surface area contributed by atoms with Gasteiger partial charge in [0.15, 0.2) is 0 Å². The van der Waals surface area contributed by atoms with Gasteiger partial charge in [0.05, 0.1) is 13.2 Å². The Bertz CT molecular complexity index is 562. The van der Waals surface area contributed by atoms with Gasteiger partial charge < -0.3 is 15.2 Å². The van der Waals surface area contributed by atoms with Gasteiger partial charge in [0.1, 0.15) is 11.9 Å². The van der Waals surface area contributed by atoms with Gasteiger partial charge in [-0.25, -0.2) is 0 Å². The third kappa shape index (κ3) is 2.57. The van der Waals surface area contributed by atoms with Gasteiger partial charge in [-0.15, -0.1) is 0 Å². The van der Waals surface area contributed by atoms with Gasteiger partial charge in [0.2, 0.25) is 0 Å². The van der Waals surface area contributed by atoms with Crippen LogP contribution in [0.25, 0.3) is 10.8 Å². The van der Waals surface area contributed by atoms with Gasteiger partial charge in [-0.05, 0) is 29.8 Å². The smallest absolute Gasteiger partial charge is 0.124 e. The van der Waals surface area contributed by atoms with E-state index in [4.69, 9.17) is 15.2 Å². The Kier molecular flexibility index (Phi) is 3.67. The maximum absolute atomic E-state index is 6.09. The van der Waals surface area contributed by atoms with E-state index in [0.29, 0.717) is 13.2 Å². The molecule has 3 nitrogen and oxygen atoms in total. The average molecular weight is 257 g/mol. The number of ether oxygens (including phenoxy) is 2. The predicted molar refractivity (Wildman–Crippen MR) is 76.6 cm³/mol. The SMILES string of the molecule is NCCc1c(OC2CCOC2)ccc2ccccc12. The molecule has 100 valence electrons. The van der Waals surface area contributed by atoms with Crippen molar-refractivity contribution in [1.82, 2.24) is 0 Å². The van der Waals surface area contributed by atoms with E-state index in [9.17, 15) is 0 Å². The zero-order valence-electron chi connectivity index (χ0n) is 11.0. The minimum atomic E-state index is 0.178. The summed E-state index contributed by atoms with van der Waals surface area (Å²) in [4.78, 5) is 0. The summed E-state index contributed by atoms with van der Waals surface area (Å²) in [7, 11) is 0. The van der Waals surface area contributed by atoms with Crippen molar-refractivity contribution in [2.24, 2.45) is 5.73 Å². The normalized spacial score (nSPS) is 18.9. The van der Waals surface area contributed by atoms with Crippen molar-refractivity contribution in [3.05, 3.63) is 42.0 Å². The maximum atomic E-state index is 6.09. The molecule has 0 amide bonds. The summed E-state index contributed by atoms with van der Waals surface area (Å²) in [5.41, 5.74) is 6.96. The van der Waals surface area contributed by atoms with Gasteiger partial charge in [-0.2, -0.15) is 0 Å². The summed E-state index contributed by atoms with van der Waals surface area (Å²) in [6, 6.07) is 12.5. The first kappa shape index (κ1) is 12.5. The van der Waals surface area contributed by atoms with E-state index in [1.165, 1.54) is 16.3 Å². The third-order valence-electron chi connectivity index (χ3n) is 3.57. The van der Waals surface area contributed by atoms with Crippen molar-refractivity contribution in [3.8, 4) is 5.75 Å². The second kappa shape index (κ2) is 5.59. The lowest BCUT2D eigenvalue weighted by molar-refractivity contribution is 0.141. The topological polar surface area (TPSA) is 44.5 Å². The molecule has 3 rings (SSSR count). The van der Waals surface area contributed by atoms with E-state index in [1.54, 1.807) is 0 Å². The van der Waals surface area contributed by atoms with Gasteiger partial charge in [-0.3, -0.25) is 0 Å². The highest BCUT2D eigenvalue weighted by molar-refractivity contribution is 5.87. The summed E-state index contributed by atoms with van der Waals surface area (Å²) in [6.07, 6.45) is 1.98. The van der Waals surface area contributed by atoms with Crippen LogP contribution in [0.15, 0.2) is 36.4 Å². The molecule has 3 heteroatoms. The third-order valence-corrected chi connectivity index (χ3v) is 3.57. The molecule has 0 saturated carbocycles. The van der Waals surface area contributed by atoms with Crippen LogP contribution >= 0.6 is 0 Å². The summed E-state index contributed by atoms with van der Waals surface area (Å²) >= 11 is 0. The first-order chi connectivity index (χ1) is 9.38. The van der Waals surface area contributed by atoms with E-state index in [0.717, 1.165) is 25.2 Å². The fourth-order valence-corrected chi connectivity index (χ4v) is 2.61. The average Bonchev–Trinajstić information content (AvgIpc) is 2.94. The zero-order chi connectivity index (χ0) is 13.1. The molecule has 2 aromatic rings. The second-order valence-electron chi connectivity index (χ2n) is 4.91. The molecule has 0 aromatic heterocycles. The van der Waals surface area contributed by atoms with Crippen LogP contribution in [0.5, 0.6) is 5.75 Å². The molecule has 1 fully saturated rings. The molecule has 1 unspecified atom stereocenters. The fourth-order valence-electron chi connectivity index (χ4n) is 2.61. The number of fused-ring (bicyclic) bond motifs is 1. The largest absolute Gasteiger partial charge is 0.488 e. The second-order valence-corrected chi connectivity index (χ2v) is 4.91. The summed E-state index contributed by atoms with van der Waals surface area (Å²) in [5.74, 6) is 0.958. The van der Waals surface area contributed by atoms with Crippen LogP contribution in [-0.4, -0.2) is 25.9 Å². The number of benzene rings is 2. The molecule has 1 aliphatic rings. The first-order valence-corrected chi connectivity index (χ1v) is 6.83. The van der Waals surface area contributed by atoms with Crippen molar-refractivity contribution < 1.29 is 9.47 Å². The van der Waals surface area contributed by atoms with E-state index in [2.05, 4.69) is 36.4 Å². The number of hydrogen-bond acceptors (Lipinski definition) is 3. The molecule has 2 N–H and O–H groups in total. The highest BCUT2D eigenvalue weighted by Crippen LogP contribution is 2.30. The van der Waals surface area contributed by atoms with Crippen LogP contribution < -0.4 is 10.5 Å². The highest BCUT2D eigenvalue weighted by atomic mass is 16.5. The molecule has 0 bridgehead atoms. The summed E-state index contributed by atoms with van der Waals surface area (Å²) in [5, 5.41) is 2.48. The van der Waals surface area contributed by atoms with Crippen molar-refractivity contribution >= 4 is 10.8 Å². The molecule has 1 saturated heterocycles. The Balaban J connectivity index is 1.99. The molecule has 0 radical (unpaired) electrons. The zero-order valence-corrected chi connectivity index (χ0v) is 11.0. The number of hydrogen-bond donors (Lipinski definition) is 1. The lowest BCUT2D eigenvalue weighted by Gasteiger charge is -2.17. The molecule has 19 heavy (non-hydrogen) atoms. The Morgan fingerprint density at radius 3 is 2.89 bits per heavy atom. The van der Waals surface area contributed by atoms with Gasteiger partial charge in [-0.1, -0.05) is 30.3 Å². The van der Waals surface area contributed by atoms with Crippen molar-refractivity contribution in [2.45, 2.75) is 18.9 Å². The predicted octanol–water partition coefficient (Wildman–Crippen LogP) is 2.51. The molecular formula is C16H19NO2. The number of rotatable bonds is 4. The maximum Gasteiger partial charge on any atom is 0.124 e. The molecule has 1 aliphatic heterocycles. The van der Waals surface area contributed by atoms with Crippen LogP contribution in [0.3, 0.4) is 0 Å². The first-order valence-electron chi connectivity index (χ1n) is 6.83. The minimum absolute atomic E-state index is 0.178. The molecule has 1 atom stereocenters. The molecule has 0 spiro atoms. The Morgan fingerprint density at radius 1 is 1.21 bits per heavy atom. The number of nitrogens with two attached hydrogens (primary N) is 1. The van der Waals surface area contributed by atoms with Crippen LogP contribution in [0.4, 0.5) is 0 Å². The minimum Gasteiger partial charge on any atom is -0.488 e. The van der Waals surface area contributed by atoms with E-state index in [-0.39, 0.29) is 6.10 Å². The van der Waals surface area contributed by atoms with Crippen LogP contribution in [-0.2, 0) is 11.2 Å². The lowest BCUT2D eigenvalue weighted by atomic mass is 10.0. The van der Waals surface area contributed by atoms with E-state index in [1.807, 2.05) is 0 Å². The van der Waals surface area contributed by atoms with E-state index >= 15 is 0 Å². The molecular weight excluding hydrogens is 238 g/mol. The quantitative estimate of drug-likeness (QED) is 0.915. The van der Waals surface area contributed by atoms with Crippen LogP contribution in [0.1, 0.15) is 12.0 Å². The Labute approximate surface area is 113 Å². The van der Waals surface area contributed by atoms with Crippen molar-refractivity contribution in [1.29, 1.82) is 0 Å². The summed E-state index contributed by atoms with van der Waals surface area (Å²) in [6.45, 7) is 2.12. The monoisotopic (exact) mass is 257 g/mol. The van der Waals surface area contributed by atoms with E-state index < -0.39 is 0 Å². The van der Waals surface area contributed by atoms with Crippen molar-refractivity contribution in [2.75, 3.05) is 19.8 Å². The highest BCUT2D eigenvalue weighted by Gasteiger charge is 2.19. The molecule has 2 aromatic carbocycles. The van der Waals surface area contributed by atoms with Gasteiger partial charge in [0, 0.05) is 12.0 Å². The van der Waals surface area contributed by atoms with Crippen LogP contribution in [0.2, 0.25) is 0 Å². The molecule has 0 aliphatic carbocycles. The lowest BCUT2D eigenvalue weighted by Crippen LogP contribution is -2.17. The summed E-state index contributed by atoms with van der Waals surface area (Å²) < 4.78 is 11.5. The fraction of sp³-hybridized carbons (Fsp3) is 0.375. The van der Waals surface area contributed by atoms with Gasteiger partial charge >= 0.3 is 0 Å². The Morgan fingerprint density at radius 2 is 2.11 bits per heavy atom.